The first-order chi connectivity index (χ1) is 9.11. The Morgan fingerprint density at radius 1 is 1.47 bits per heavy atom. The van der Waals surface area contributed by atoms with Crippen LogP contribution in [0.3, 0.4) is 0 Å². The Morgan fingerprint density at radius 3 is 2.79 bits per heavy atom. The van der Waals surface area contributed by atoms with Gasteiger partial charge in [-0.25, -0.2) is 9.78 Å². The maximum Gasteiger partial charge on any atom is 0.351 e. The van der Waals surface area contributed by atoms with E-state index in [1.807, 2.05) is 4.90 Å². The van der Waals surface area contributed by atoms with Crippen molar-refractivity contribution in [3.8, 4) is 0 Å². The van der Waals surface area contributed by atoms with E-state index < -0.39 is 5.97 Å². The first-order valence-corrected chi connectivity index (χ1v) is 7.07. The van der Waals surface area contributed by atoms with Gasteiger partial charge in [-0.2, -0.15) is 0 Å². The zero-order valence-corrected chi connectivity index (χ0v) is 12.0. The molecule has 1 aromatic heterocycles. The fourth-order valence-corrected chi connectivity index (χ4v) is 2.92. The largest absolute Gasteiger partial charge is 0.465 e. The van der Waals surface area contributed by atoms with Crippen molar-refractivity contribution < 1.29 is 14.3 Å². The lowest BCUT2D eigenvalue weighted by Crippen LogP contribution is -2.32. The second kappa shape index (κ2) is 6.21. The van der Waals surface area contributed by atoms with Crippen LogP contribution in [0.2, 0.25) is 5.15 Å². The predicted octanol–water partition coefficient (Wildman–Crippen LogP) is 1.62. The Hall–Kier alpha value is -1.34. The Balaban J connectivity index is 1.92. The SMILES string of the molecule is COC(=O)c1sc(NCC(=O)N2CCCC2)nc1Cl. The maximum absolute atomic E-state index is 11.8. The summed E-state index contributed by atoms with van der Waals surface area (Å²) >= 11 is 6.90. The van der Waals surface area contributed by atoms with Gasteiger partial charge in [0.1, 0.15) is 0 Å². The lowest BCUT2D eigenvalue weighted by atomic mass is 10.4. The quantitative estimate of drug-likeness (QED) is 0.856. The van der Waals surface area contributed by atoms with Crippen molar-refractivity contribution in [3.63, 3.8) is 0 Å². The number of anilines is 1. The van der Waals surface area contributed by atoms with Crippen LogP contribution in [0.1, 0.15) is 22.5 Å². The van der Waals surface area contributed by atoms with E-state index in [4.69, 9.17) is 11.6 Å². The Kier molecular flexibility index (Phi) is 4.60. The van der Waals surface area contributed by atoms with E-state index in [2.05, 4.69) is 15.0 Å². The third-order valence-electron chi connectivity index (χ3n) is 2.81. The summed E-state index contributed by atoms with van der Waals surface area (Å²) in [6.07, 6.45) is 2.11. The molecule has 2 heterocycles. The molecule has 1 aromatic rings. The van der Waals surface area contributed by atoms with Crippen LogP contribution in [-0.4, -0.2) is 48.5 Å². The van der Waals surface area contributed by atoms with E-state index in [1.54, 1.807) is 0 Å². The second-order valence-corrected chi connectivity index (χ2v) is 5.43. The average molecular weight is 304 g/mol. The average Bonchev–Trinajstić information content (AvgIpc) is 3.04. The number of amides is 1. The number of rotatable bonds is 4. The van der Waals surface area contributed by atoms with Crippen LogP contribution >= 0.6 is 22.9 Å². The molecule has 1 fully saturated rings. The molecule has 1 N–H and O–H groups in total. The van der Waals surface area contributed by atoms with Gasteiger partial charge in [0.05, 0.1) is 13.7 Å². The number of hydrogen-bond acceptors (Lipinski definition) is 6. The third kappa shape index (κ3) is 3.36. The lowest BCUT2D eigenvalue weighted by Gasteiger charge is -2.14. The number of ether oxygens (including phenoxy) is 1. The van der Waals surface area contributed by atoms with E-state index in [0.29, 0.717) is 5.13 Å². The molecule has 1 saturated heterocycles. The molecule has 0 atom stereocenters. The topological polar surface area (TPSA) is 71.5 Å². The van der Waals surface area contributed by atoms with Crippen molar-refractivity contribution in [2.24, 2.45) is 0 Å². The van der Waals surface area contributed by atoms with Crippen LogP contribution in [0, 0.1) is 0 Å². The Labute approximate surface area is 119 Å². The molecule has 0 saturated carbocycles. The second-order valence-electron chi connectivity index (χ2n) is 4.07. The van der Waals surface area contributed by atoms with Crippen molar-refractivity contribution in [3.05, 3.63) is 10.0 Å². The van der Waals surface area contributed by atoms with Gasteiger partial charge < -0.3 is 15.0 Å². The monoisotopic (exact) mass is 303 g/mol. The number of halogens is 1. The van der Waals surface area contributed by atoms with Gasteiger partial charge in [0.25, 0.3) is 0 Å². The van der Waals surface area contributed by atoms with E-state index in [9.17, 15) is 9.59 Å². The summed E-state index contributed by atoms with van der Waals surface area (Å²) < 4.78 is 4.58. The highest BCUT2D eigenvalue weighted by Gasteiger charge is 2.20. The first kappa shape index (κ1) is 14.1. The van der Waals surface area contributed by atoms with E-state index in [-0.39, 0.29) is 22.5 Å². The molecule has 8 heteroatoms. The van der Waals surface area contributed by atoms with Gasteiger partial charge in [-0.05, 0) is 12.8 Å². The number of aromatic nitrogens is 1. The summed E-state index contributed by atoms with van der Waals surface area (Å²) in [5.41, 5.74) is 0. The molecule has 1 aliphatic rings. The van der Waals surface area contributed by atoms with Crippen molar-refractivity contribution >= 4 is 39.9 Å². The molecule has 0 unspecified atom stereocenters. The first-order valence-electron chi connectivity index (χ1n) is 5.88. The lowest BCUT2D eigenvalue weighted by molar-refractivity contribution is -0.128. The van der Waals surface area contributed by atoms with Crippen molar-refractivity contribution in [2.45, 2.75) is 12.8 Å². The smallest absolute Gasteiger partial charge is 0.351 e. The van der Waals surface area contributed by atoms with Gasteiger partial charge in [-0.1, -0.05) is 22.9 Å². The number of nitrogens with one attached hydrogen (secondary N) is 1. The zero-order valence-electron chi connectivity index (χ0n) is 10.4. The Morgan fingerprint density at radius 2 is 2.16 bits per heavy atom. The van der Waals surface area contributed by atoms with Gasteiger partial charge in [0.15, 0.2) is 15.2 Å². The summed E-state index contributed by atoms with van der Waals surface area (Å²) in [5.74, 6) is -0.496. The highest BCUT2D eigenvalue weighted by atomic mass is 35.5. The number of hydrogen-bond donors (Lipinski definition) is 1. The zero-order chi connectivity index (χ0) is 13.8. The number of likely N-dealkylation sites (tertiary alicyclic amines) is 1. The molecule has 0 radical (unpaired) electrons. The summed E-state index contributed by atoms with van der Waals surface area (Å²) in [6, 6.07) is 0. The van der Waals surface area contributed by atoms with E-state index >= 15 is 0 Å². The van der Waals surface area contributed by atoms with E-state index in [1.165, 1.54) is 7.11 Å². The molecular formula is C11H14ClN3O3S. The summed E-state index contributed by atoms with van der Waals surface area (Å²) in [6.45, 7) is 1.78. The predicted molar refractivity (Wildman–Crippen MR) is 72.8 cm³/mol. The third-order valence-corrected chi connectivity index (χ3v) is 4.18. The molecular weight excluding hydrogens is 290 g/mol. The molecule has 2 rings (SSSR count). The van der Waals surface area contributed by atoms with E-state index in [0.717, 1.165) is 37.3 Å². The number of thiazole rings is 1. The van der Waals surface area contributed by atoms with Gasteiger partial charge >= 0.3 is 5.97 Å². The van der Waals surface area contributed by atoms with Gasteiger partial charge in [0.2, 0.25) is 5.91 Å². The molecule has 1 aliphatic heterocycles. The normalized spacial score (nSPS) is 14.5. The van der Waals surface area contributed by atoms with Crippen molar-refractivity contribution in [1.29, 1.82) is 0 Å². The van der Waals surface area contributed by atoms with Crippen LogP contribution in [0.25, 0.3) is 0 Å². The number of nitrogens with zero attached hydrogens (tertiary/aromatic N) is 2. The molecule has 19 heavy (non-hydrogen) atoms. The van der Waals surface area contributed by atoms with Crippen LogP contribution in [-0.2, 0) is 9.53 Å². The van der Waals surface area contributed by atoms with Crippen LogP contribution < -0.4 is 5.32 Å². The number of carbonyl (C=O) groups excluding carboxylic acids is 2. The summed E-state index contributed by atoms with van der Waals surface area (Å²) in [5, 5.41) is 3.42. The molecule has 104 valence electrons. The highest BCUT2D eigenvalue weighted by molar-refractivity contribution is 7.18. The van der Waals surface area contributed by atoms with Crippen LogP contribution in [0.15, 0.2) is 0 Å². The molecule has 0 spiro atoms. The maximum atomic E-state index is 11.8. The summed E-state index contributed by atoms with van der Waals surface area (Å²) in [4.78, 5) is 29.2. The fraction of sp³-hybridized carbons (Fsp3) is 0.545. The van der Waals surface area contributed by atoms with Gasteiger partial charge in [0, 0.05) is 13.1 Å². The molecule has 0 aromatic carbocycles. The van der Waals surface area contributed by atoms with Gasteiger partial charge in [-0.15, -0.1) is 0 Å². The minimum atomic E-state index is -0.526. The van der Waals surface area contributed by atoms with Crippen molar-refractivity contribution in [1.82, 2.24) is 9.88 Å². The number of carbonyl (C=O) groups is 2. The number of esters is 1. The molecule has 6 nitrogen and oxygen atoms in total. The highest BCUT2D eigenvalue weighted by Crippen LogP contribution is 2.27. The van der Waals surface area contributed by atoms with Crippen molar-refractivity contribution in [2.75, 3.05) is 32.1 Å². The molecule has 0 aliphatic carbocycles. The van der Waals surface area contributed by atoms with Crippen LogP contribution in [0.4, 0.5) is 5.13 Å². The van der Waals surface area contributed by atoms with Gasteiger partial charge in [-0.3, -0.25) is 4.79 Å². The standard InChI is InChI=1S/C11H14ClN3O3S/c1-18-10(17)8-9(12)14-11(19-8)13-6-7(16)15-4-2-3-5-15/h2-6H2,1H3,(H,13,14). The number of methoxy groups -OCH3 is 1. The minimum Gasteiger partial charge on any atom is -0.465 e. The minimum absolute atomic E-state index is 0.0310. The molecule has 0 bridgehead atoms. The molecule has 1 amide bonds. The summed E-state index contributed by atoms with van der Waals surface area (Å²) in [7, 11) is 1.28. The fourth-order valence-electron chi connectivity index (χ4n) is 1.83. The van der Waals surface area contributed by atoms with Crippen LogP contribution in [0.5, 0.6) is 0 Å². The Bertz CT molecular complexity index is 486.